The van der Waals surface area contributed by atoms with E-state index < -0.39 is 5.76 Å². The van der Waals surface area contributed by atoms with E-state index in [9.17, 15) is 14.9 Å². The highest BCUT2D eigenvalue weighted by atomic mass is 16.5. The van der Waals surface area contributed by atoms with Crippen molar-refractivity contribution in [3.05, 3.63) is 75.3 Å². The molecule has 29 heavy (non-hydrogen) atoms. The molecule has 148 valence electrons. The van der Waals surface area contributed by atoms with Gasteiger partial charge in [-0.25, -0.2) is 4.79 Å². The molecule has 1 aromatic heterocycles. The third-order valence-electron chi connectivity index (χ3n) is 4.85. The molecule has 0 atom stereocenters. The lowest BCUT2D eigenvalue weighted by Gasteiger charge is -2.11. The SMILES string of the molecule is COC(=O)CCC/C=C(\c1cccc(C#N)c1)c1cc(C)c2oc(=O)n(C)c2c1. The van der Waals surface area contributed by atoms with Gasteiger partial charge in [0.1, 0.15) is 0 Å². The summed E-state index contributed by atoms with van der Waals surface area (Å²) in [5.41, 5.74) is 5.45. The van der Waals surface area contributed by atoms with Gasteiger partial charge < -0.3 is 9.15 Å². The Morgan fingerprint density at radius 1 is 1.28 bits per heavy atom. The number of nitrogens with zero attached hydrogens (tertiary/aromatic N) is 2. The number of aromatic nitrogens is 1. The smallest absolute Gasteiger partial charge is 0.419 e. The van der Waals surface area contributed by atoms with Gasteiger partial charge in [-0.3, -0.25) is 9.36 Å². The second kappa shape index (κ2) is 8.61. The zero-order valence-corrected chi connectivity index (χ0v) is 16.7. The second-order valence-corrected chi connectivity index (χ2v) is 6.85. The molecule has 3 rings (SSSR count). The number of carbonyl (C=O) groups excluding carboxylic acids is 1. The summed E-state index contributed by atoms with van der Waals surface area (Å²) in [6, 6.07) is 13.4. The summed E-state index contributed by atoms with van der Waals surface area (Å²) >= 11 is 0. The molecule has 1 heterocycles. The van der Waals surface area contributed by atoms with Gasteiger partial charge in [0, 0.05) is 13.5 Å². The average Bonchev–Trinajstić information content (AvgIpc) is 3.02. The molecule has 0 saturated carbocycles. The average molecular weight is 390 g/mol. The lowest BCUT2D eigenvalue weighted by Crippen LogP contribution is -2.08. The van der Waals surface area contributed by atoms with E-state index in [0.717, 1.165) is 22.3 Å². The second-order valence-electron chi connectivity index (χ2n) is 6.85. The zero-order valence-electron chi connectivity index (χ0n) is 16.7. The van der Waals surface area contributed by atoms with Crippen molar-refractivity contribution in [3.8, 4) is 6.07 Å². The number of hydrogen-bond donors (Lipinski definition) is 0. The quantitative estimate of drug-likeness (QED) is 0.467. The van der Waals surface area contributed by atoms with Gasteiger partial charge in [0.25, 0.3) is 0 Å². The van der Waals surface area contributed by atoms with E-state index in [0.29, 0.717) is 35.9 Å². The maximum Gasteiger partial charge on any atom is 0.419 e. The Labute approximate surface area is 168 Å². The maximum atomic E-state index is 11.9. The van der Waals surface area contributed by atoms with Crippen molar-refractivity contribution >= 4 is 22.6 Å². The van der Waals surface area contributed by atoms with Crippen molar-refractivity contribution in [1.82, 2.24) is 4.57 Å². The molecule has 0 N–H and O–H groups in total. The van der Waals surface area contributed by atoms with Crippen molar-refractivity contribution in [2.75, 3.05) is 7.11 Å². The van der Waals surface area contributed by atoms with Crippen LogP contribution in [0, 0.1) is 18.3 Å². The van der Waals surface area contributed by atoms with E-state index in [1.165, 1.54) is 11.7 Å². The molecule has 6 heteroatoms. The molecule has 0 spiro atoms. The summed E-state index contributed by atoms with van der Waals surface area (Å²) in [4.78, 5) is 23.3. The lowest BCUT2D eigenvalue weighted by molar-refractivity contribution is -0.140. The number of carbonyl (C=O) groups is 1. The van der Waals surface area contributed by atoms with Gasteiger partial charge in [-0.05, 0) is 66.3 Å². The Bertz CT molecular complexity index is 1190. The number of nitriles is 1. The summed E-state index contributed by atoms with van der Waals surface area (Å²) < 4.78 is 11.5. The molecule has 0 aliphatic carbocycles. The van der Waals surface area contributed by atoms with Crippen LogP contribution in [-0.2, 0) is 16.6 Å². The van der Waals surface area contributed by atoms with E-state index in [4.69, 9.17) is 9.15 Å². The third-order valence-corrected chi connectivity index (χ3v) is 4.85. The number of benzene rings is 2. The van der Waals surface area contributed by atoms with Gasteiger partial charge in [0.15, 0.2) is 5.58 Å². The number of oxazole rings is 1. The van der Waals surface area contributed by atoms with Gasteiger partial charge in [-0.2, -0.15) is 5.26 Å². The van der Waals surface area contributed by atoms with Gasteiger partial charge in [0.2, 0.25) is 0 Å². The molecule has 0 radical (unpaired) electrons. The summed E-state index contributed by atoms with van der Waals surface area (Å²) in [5, 5.41) is 9.27. The van der Waals surface area contributed by atoms with Crippen LogP contribution < -0.4 is 5.76 Å². The van der Waals surface area contributed by atoms with Gasteiger partial charge in [0.05, 0.1) is 24.3 Å². The fourth-order valence-electron chi connectivity index (χ4n) is 3.30. The van der Waals surface area contributed by atoms with E-state index >= 15 is 0 Å². The van der Waals surface area contributed by atoms with Gasteiger partial charge in [-0.1, -0.05) is 18.2 Å². The van der Waals surface area contributed by atoms with Crippen LogP contribution in [0.1, 0.15) is 41.5 Å². The number of allylic oxidation sites excluding steroid dienone is 1. The molecule has 2 aromatic carbocycles. The van der Waals surface area contributed by atoms with Crippen molar-refractivity contribution in [2.24, 2.45) is 7.05 Å². The minimum atomic E-state index is -0.407. The van der Waals surface area contributed by atoms with Gasteiger partial charge >= 0.3 is 11.7 Å². The third kappa shape index (κ3) is 4.30. The van der Waals surface area contributed by atoms with Crippen LogP contribution in [0.3, 0.4) is 0 Å². The fourth-order valence-corrected chi connectivity index (χ4v) is 3.30. The molecular formula is C23H22N2O4. The molecular weight excluding hydrogens is 368 g/mol. The molecule has 6 nitrogen and oxygen atoms in total. The first-order valence-corrected chi connectivity index (χ1v) is 9.32. The van der Waals surface area contributed by atoms with Crippen LogP contribution in [-0.4, -0.2) is 17.6 Å². The monoisotopic (exact) mass is 390 g/mol. The first-order chi connectivity index (χ1) is 13.9. The number of unbranched alkanes of at least 4 members (excludes halogenated alkanes) is 1. The Morgan fingerprint density at radius 2 is 2.07 bits per heavy atom. The number of methoxy groups -OCH3 is 1. The molecule has 0 amide bonds. The number of esters is 1. The summed E-state index contributed by atoms with van der Waals surface area (Å²) in [6.07, 6.45) is 3.72. The Hall–Kier alpha value is -3.59. The first-order valence-electron chi connectivity index (χ1n) is 9.32. The lowest BCUT2D eigenvalue weighted by atomic mass is 9.93. The molecule has 0 aliphatic heterocycles. The Kier molecular flexibility index (Phi) is 5.99. The summed E-state index contributed by atoms with van der Waals surface area (Å²) in [5.74, 6) is -0.646. The van der Waals surface area contributed by atoms with Gasteiger partial charge in [-0.15, -0.1) is 0 Å². The number of fused-ring (bicyclic) bond motifs is 1. The number of ether oxygens (including phenoxy) is 1. The standard InChI is InChI=1S/C23H22N2O4/c1-15-11-18(13-20-22(15)29-23(27)25(20)2)19(9-4-5-10-21(26)28-3)17-8-6-7-16(12-17)14-24/h6-9,11-13H,4-5,10H2,1-3H3/b19-9+. The van der Waals surface area contributed by atoms with E-state index in [-0.39, 0.29) is 5.97 Å². The topological polar surface area (TPSA) is 85.2 Å². The minimum absolute atomic E-state index is 0.239. The highest BCUT2D eigenvalue weighted by Gasteiger charge is 2.14. The van der Waals surface area contributed by atoms with Crippen LogP contribution in [0.5, 0.6) is 0 Å². The van der Waals surface area contributed by atoms with Crippen LogP contribution in [0.25, 0.3) is 16.7 Å². The van der Waals surface area contributed by atoms with Crippen molar-refractivity contribution in [2.45, 2.75) is 26.2 Å². The summed E-state index contributed by atoms with van der Waals surface area (Å²) in [7, 11) is 3.05. The zero-order chi connectivity index (χ0) is 21.0. The molecule has 0 unspecified atom stereocenters. The predicted octanol–water partition coefficient (Wildman–Crippen LogP) is 4.09. The number of rotatable bonds is 6. The number of aryl methyl sites for hydroxylation is 2. The summed E-state index contributed by atoms with van der Waals surface area (Å²) in [6.45, 7) is 1.90. The predicted molar refractivity (Wildman–Crippen MR) is 110 cm³/mol. The van der Waals surface area contributed by atoms with Crippen molar-refractivity contribution in [3.63, 3.8) is 0 Å². The molecule has 0 bridgehead atoms. The molecule has 3 aromatic rings. The van der Waals surface area contributed by atoms with Crippen molar-refractivity contribution < 1.29 is 13.9 Å². The van der Waals surface area contributed by atoms with E-state index in [1.54, 1.807) is 13.1 Å². The Balaban J connectivity index is 2.08. The molecule has 0 aliphatic rings. The highest BCUT2D eigenvalue weighted by molar-refractivity contribution is 5.87. The van der Waals surface area contributed by atoms with Crippen LogP contribution in [0.4, 0.5) is 0 Å². The van der Waals surface area contributed by atoms with Crippen LogP contribution in [0.15, 0.2) is 51.7 Å². The van der Waals surface area contributed by atoms with E-state index in [2.05, 4.69) is 12.1 Å². The van der Waals surface area contributed by atoms with E-state index in [1.807, 2.05) is 37.3 Å². The van der Waals surface area contributed by atoms with Crippen LogP contribution >= 0.6 is 0 Å². The normalized spacial score (nSPS) is 11.4. The molecule has 0 saturated heterocycles. The van der Waals surface area contributed by atoms with Crippen molar-refractivity contribution in [1.29, 1.82) is 5.26 Å². The van der Waals surface area contributed by atoms with Crippen LogP contribution in [0.2, 0.25) is 0 Å². The minimum Gasteiger partial charge on any atom is -0.469 e. The molecule has 0 fully saturated rings. The largest absolute Gasteiger partial charge is 0.469 e. The maximum absolute atomic E-state index is 11.9. The fraction of sp³-hybridized carbons (Fsp3) is 0.261. The first kappa shape index (κ1) is 20.2. The number of hydrogen-bond acceptors (Lipinski definition) is 5. The highest BCUT2D eigenvalue weighted by Crippen LogP contribution is 2.29. The Morgan fingerprint density at radius 3 is 2.79 bits per heavy atom.